The van der Waals surface area contributed by atoms with Gasteiger partial charge in [0.15, 0.2) is 0 Å². The molecule has 0 saturated heterocycles. The third-order valence-electron chi connectivity index (χ3n) is 2.65. The number of aromatic amines is 1. The first-order valence-corrected chi connectivity index (χ1v) is 7.10. The van der Waals surface area contributed by atoms with Crippen molar-refractivity contribution in [1.82, 2.24) is 4.98 Å². The maximum atomic E-state index is 12.0. The van der Waals surface area contributed by atoms with Gasteiger partial charge in [0.05, 0.1) is 11.6 Å². The maximum Gasteiger partial charge on any atom is 0.348 e. The van der Waals surface area contributed by atoms with Crippen molar-refractivity contribution >= 4 is 28.2 Å². The van der Waals surface area contributed by atoms with E-state index >= 15 is 0 Å². The van der Waals surface area contributed by atoms with Crippen LogP contribution < -0.4 is 10.9 Å². The van der Waals surface area contributed by atoms with E-state index in [1.54, 1.807) is 19.9 Å². The number of pyridine rings is 1. The Balaban J connectivity index is 2.17. The molecule has 21 heavy (non-hydrogen) atoms. The summed E-state index contributed by atoms with van der Waals surface area (Å²) < 4.78 is 4.94. The molecule has 0 saturated carbocycles. The summed E-state index contributed by atoms with van der Waals surface area (Å²) >= 11 is 1.14. The summed E-state index contributed by atoms with van der Waals surface area (Å²) in [6.07, 6.45) is 1.40. The van der Waals surface area contributed by atoms with Crippen LogP contribution in [0.25, 0.3) is 0 Å². The Labute approximate surface area is 124 Å². The average Bonchev–Trinajstić information content (AvgIpc) is 2.80. The summed E-state index contributed by atoms with van der Waals surface area (Å²) in [4.78, 5) is 37.8. The summed E-state index contributed by atoms with van der Waals surface area (Å²) in [5, 5.41) is 3.19. The van der Waals surface area contributed by atoms with Gasteiger partial charge in [-0.2, -0.15) is 0 Å². The highest BCUT2D eigenvalue weighted by Crippen LogP contribution is 2.27. The minimum Gasteiger partial charge on any atom is -0.462 e. The lowest BCUT2D eigenvalue weighted by atomic mass is 10.2. The smallest absolute Gasteiger partial charge is 0.348 e. The van der Waals surface area contributed by atoms with Crippen molar-refractivity contribution in [3.63, 3.8) is 0 Å². The number of carbonyl (C=O) groups excluding carboxylic acids is 2. The van der Waals surface area contributed by atoms with Crippen LogP contribution in [0, 0.1) is 6.92 Å². The van der Waals surface area contributed by atoms with Gasteiger partial charge in [0.25, 0.3) is 5.91 Å². The molecule has 6 nitrogen and oxygen atoms in total. The van der Waals surface area contributed by atoms with Crippen LogP contribution in [0.4, 0.5) is 5.00 Å². The maximum absolute atomic E-state index is 12.0. The average molecular weight is 306 g/mol. The van der Waals surface area contributed by atoms with E-state index in [-0.39, 0.29) is 11.1 Å². The predicted molar refractivity (Wildman–Crippen MR) is 80.0 cm³/mol. The molecule has 2 heterocycles. The molecule has 0 aliphatic rings. The number of hydrogen-bond acceptors (Lipinski definition) is 5. The molecular weight excluding hydrogens is 292 g/mol. The molecule has 2 rings (SSSR count). The number of rotatable bonds is 4. The number of ether oxygens (including phenoxy) is 1. The Morgan fingerprint density at radius 3 is 2.81 bits per heavy atom. The molecule has 1 amide bonds. The summed E-state index contributed by atoms with van der Waals surface area (Å²) in [5.41, 5.74) is 0.638. The Kier molecular flexibility index (Phi) is 4.54. The minimum atomic E-state index is -0.406. The van der Waals surface area contributed by atoms with Gasteiger partial charge in [-0.05, 0) is 31.5 Å². The van der Waals surface area contributed by atoms with Crippen LogP contribution in [-0.4, -0.2) is 23.5 Å². The second-order valence-electron chi connectivity index (χ2n) is 4.24. The number of thiophene rings is 1. The van der Waals surface area contributed by atoms with Crippen molar-refractivity contribution in [2.45, 2.75) is 13.8 Å². The molecule has 0 aromatic carbocycles. The first-order valence-electron chi connectivity index (χ1n) is 6.29. The third-order valence-corrected chi connectivity index (χ3v) is 3.79. The quantitative estimate of drug-likeness (QED) is 0.847. The van der Waals surface area contributed by atoms with Gasteiger partial charge in [0, 0.05) is 17.8 Å². The van der Waals surface area contributed by atoms with Crippen LogP contribution in [0.2, 0.25) is 0 Å². The van der Waals surface area contributed by atoms with Gasteiger partial charge in [-0.15, -0.1) is 11.3 Å². The summed E-state index contributed by atoms with van der Waals surface area (Å²) in [6.45, 7) is 3.80. The van der Waals surface area contributed by atoms with E-state index in [0.29, 0.717) is 16.5 Å². The fourth-order valence-corrected chi connectivity index (χ4v) is 2.67. The molecule has 0 bridgehead atoms. The molecular formula is C14H14N2O4S. The predicted octanol–water partition coefficient (Wildman–Crippen LogP) is 2.17. The number of aromatic nitrogens is 1. The molecule has 0 spiro atoms. The summed E-state index contributed by atoms with van der Waals surface area (Å²) in [5.74, 6) is -0.811. The Bertz CT molecular complexity index is 733. The number of carbonyl (C=O) groups is 2. The Morgan fingerprint density at radius 1 is 1.38 bits per heavy atom. The lowest BCUT2D eigenvalue weighted by Crippen LogP contribution is -2.14. The van der Waals surface area contributed by atoms with Crippen LogP contribution in [0.5, 0.6) is 0 Å². The van der Waals surface area contributed by atoms with Gasteiger partial charge in [0.2, 0.25) is 5.56 Å². The van der Waals surface area contributed by atoms with Gasteiger partial charge < -0.3 is 15.0 Å². The molecule has 2 N–H and O–H groups in total. The number of amides is 1. The fourth-order valence-electron chi connectivity index (χ4n) is 1.71. The van der Waals surface area contributed by atoms with Crippen LogP contribution in [-0.2, 0) is 4.74 Å². The standard InChI is InChI=1S/C14H14N2O4S/c1-3-20-14(19)12-8(2)6-11(21-12)16-13(18)9-4-5-15-10(17)7-9/h4-7H,3H2,1-2H3,(H,15,17)(H,16,18). The van der Waals surface area contributed by atoms with E-state index in [2.05, 4.69) is 10.3 Å². The SMILES string of the molecule is CCOC(=O)c1sc(NC(=O)c2cc[nH]c(=O)c2)cc1C. The number of aryl methyl sites for hydroxylation is 1. The van der Waals surface area contributed by atoms with Crippen molar-refractivity contribution in [3.8, 4) is 0 Å². The largest absolute Gasteiger partial charge is 0.462 e. The Morgan fingerprint density at radius 2 is 2.14 bits per heavy atom. The lowest BCUT2D eigenvalue weighted by Gasteiger charge is -2.01. The van der Waals surface area contributed by atoms with Crippen LogP contribution >= 0.6 is 11.3 Å². The normalized spacial score (nSPS) is 10.2. The van der Waals surface area contributed by atoms with E-state index in [9.17, 15) is 14.4 Å². The number of hydrogen-bond donors (Lipinski definition) is 2. The zero-order valence-corrected chi connectivity index (χ0v) is 12.4. The number of H-pyrrole nitrogens is 1. The topological polar surface area (TPSA) is 88.3 Å². The highest BCUT2D eigenvalue weighted by atomic mass is 32.1. The number of esters is 1. The molecule has 0 aliphatic carbocycles. The molecule has 7 heteroatoms. The fraction of sp³-hybridized carbons (Fsp3) is 0.214. The Hall–Kier alpha value is -2.41. The van der Waals surface area contributed by atoms with E-state index in [1.807, 2.05) is 0 Å². The lowest BCUT2D eigenvalue weighted by molar-refractivity contribution is 0.0531. The van der Waals surface area contributed by atoms with E-state index in [4.69, 9.17) is 4.74 Å². The molecule has 110 valence electrons. The highest BCUT2D eigenvalue weighted by molar-refractivity contribution is 7.18. The van der Waals surface area contributed by atoms with Crippen LogP contribution in [0.1, 0.15) is 32.5 Å². The van der Waals surface area contributed by atoms with Crippen molar-refractivity contribution in [2.75, 3.05) is 11.9 Å². The second kappa shape index (κ2) is 6.36. The minimum absolute atomic E-state index is 0.252. The van der Waals surface area contributed by atoms with Crippen LogP contribution in [0.15, 0.2) is 29.2 Å². The highest BCUT2D eigenvalue weighted by Gasteiger charge is 2.16. The van der Waals surface area contributed by atoms with E-state index in [0.717, 1.165) is 16.9 Å². The molecule has 0 aliphatic heterocycles. The zero-order valence-electron chi connectivity index (χ0n) is 11.6. The molecule has 0 atom stereocenters. The zero-order chi connectivity index (χ0) is 15.4. The van der Waals surface area contributed by atoms with Crippen molar-refractivity contribution in [3.05, 3.63) is 50.8 Å². The van der Waals surface area contributed by atoms with Gasteiger partial charge in [-0.1, -0.05) is 0 Å². The molecule has 2 aromatic rings. The van der Waals surface area contributed by atoms with E-state index in [1.165, 1.54) is 18.3 Å². The molecule has 0 radical (unpaired) electrons. The van der Waals surface area contributed by atoms with Crippen molar-refractivity contribution in [2.24, 2.45) is 0 Å². The molecule has 0 fully saturated rings. The first-order chi connectivity index (χ1) is 10.0. The number of anilines is 1. The van der Waals surface area contributed by atoms with Gasteiger partial charge in [-0.25, -0.2) is 4.79 Å². The van der Waals surface area contributed by atoms with Crippen LogP contribution in [0.3, 0.4) is 0 Å². The van der Waals surface area contributed by atoms with E-state index < -0.39 is 11.9 Å². The third kappa shape index (κ3) is 3.57. The van der Waals surface area contributed by atoms with Crippen molar-refractivity contribution < 1.29 is 14.3 Å². The first kappa shape index (κ1) is 15.0. The van der Waals surface area contributed by atoms with Gasteiger partial charge in [0.1, 0.15) is 4.88 Å². The van der Waals surface area contributed by atoms with Gasteiger partial charge >= 0.3 is 5.97 Å². The number of nitrogens with one attached hydrogen (secondary N) is 2. The van der Waals surface area contributed by atoms with Gasteiger partial charge in [-0.3, -0.25) is 9.59 Å². The monoisotopic (exact) mass is 306 g/mol. The molecule has 0 unspecified atom stereocenters. The van der Waals surface area contributed by atoms with Crippen molar-refractivity contribution in [1.29, 1.82) is 0 Å². The summed E-state index contributed by atoms with van der Waals surface area (Å²) in [7, 11) is 0. The second-order valence-corrected chi connectivity index (χ2v) is 5.29. The summed E-state index contributed by atoms with van der Waals surface area (Å²) in [6, 6.07) is 4.41. The molecule has 2 aromatic heterocycles.